The second-order valence-electron chi connectivity index (χ2n) is 5.51. The van der Waals surface area contributed by atoms with Crippen LogP contribution >= 0.6 is 12.4 Å². The molecule has 1 rings (SSSR count). The lowest BCUT2D eigenvalue weighted by molar-refractivity contribution is 0.0736. The number of rotatable bonds is 4. The predicted molar refractivity (Wildman–Crippen MR) is 78.2 cm³/mol. The average molecular weight is 289 g/mol. The minimum Gasteiger partial charge on any atom is -0.341 e. The molecule has 0 bridgehead atoms. The summed E-state index contributed by atoms with van der Waals surface area (Å²) in [4.78, 5) is 13.6. The molecule has 0 aromatic heterocycles. The first kappa shape index (κ1) is 17.9. The number of nitrogens with two attached hydrogens (primary N) is 1. The largest absolute Gasteiger partial charge is 0.341 e. The van der Waals surface area contributed by atoms with E-state index in [0.717, 1.165) is 5.56 Å². The van der Waals surface area contributed by atoms with Gasteiger partial charge < -0.3 is 10.6 Å². The average Bonchev–Trinajstić information content (AvgIpc) is 2.27. The summed E-state index contributed by atoms with van der Waals surface area (Å²) < 4.78 is 13.7. The summed E-state index contributed by atoms with van der Waals surface area (Å²) in [6, 6.07) is 4.63. The molecule has 0 heterocycles. The van der Waals surface area contributed by atoms with Gasteiger partial charge in [0.05, 0.1) is 5.56 Å². The van der Waals surface area contributed by atoms with E-state index in [1.165, 1.54) is 17.0 Å². The van der Waals surface area contributed by atoms with Crippen molar-refractivity contribution in [3.8, 4) is 0 Å². The van der Waals surface area contributed by atoms with E-state index < -0.39 is 5.82 Å². The van der Waals surface area contributed by atoms with Crippen LogP contribution in [0.5, 0.6) is 0 Å². The van der Waals surface area contributed by atoms with Gasteiger partial charge in [0.1, 0.15) is 5.82 Å². The van der Waals surface area contributed by atoms with E-state index >= 15 is 0 Å². The van der Waals surface area contributed by atoms with E-state index in [4.69, 9.17) is 5.73 Å². The van der Waals surface area contributed by atoms with Crippen molar-refractivity contribution in [2.75, 3.05) is 20.1 Å². The van der Waals surface area contributed by atoms with Crippen LogP contribution in [0.1, 0.15) is 29.8 Å². The minimum absolute atomic E-state index is 0. The van der Waals surface area contributed by atoms with Gasteiger partial charge in [-0.1, -0.05) is 19.9 Å². The quantitative estimate of drug-likeness (QED) is 0.926. The molecule has 108 valence electrons. The van der Waals surface area contributed by atoms with Crippen LogP contribution in [-0.4, -0.2) is 30.9 Å². The van der Waals surface area contributed by atoms with E-state index in [1.54, 1.807) is 20.0 Å². The number of benzene rings is 1. The van der Waals surface area contributed by atoms with Crippen molar-refractivity contribution in [2.24, 2.45) is 11.1 Å². The van der Waals surface area contributed by atoms with E-state index in [0.29, 0.717) is 13.1 Å². The van der Waals surface area contributed by atoms with Crippen molar-refractivity contribution < 1.29 is 9.18 Å². The molecule has 0 aliphatic carbocycles. The van der Waals surface area contributed by atoms with Crippen LogP contribution < -0.4 is 5.73 Å². The van der Waals surface area contributed by atoms with Gasteiger partial charge >= 0.3 is 0 Å². The third-order valence-electron chi connectivity index (χ3n) is 2.92. The topological polar surface area (TPSA) is 46.3 Å². The Hall–Kier alpha value is -1.13. The van der Waals surface area contributed by atoms with E-state index in [2.05, 4.69) is 0 Å². The number of halogens is 2. The van der Waals surface area contributed by atoms with Crippen molar-refractivity contribution in [2.45, 2.75) is 20.8 Å². The van der Waals surface area contributed by atoms with E-state index in [9.17, 15) is 9.18 Å². The molecule has 0 spiro atoms. The van der Waals surface area contributed by atoms with Crippen LogP contribution in [0, 0.1) is 18.2 Å². The summed E-state index contributed by atoms with van der Waals surface area (Å²) >= 11 is 0. The Balaban J connectivity index is 0.00000324. The monoisotopic (exact) mass is 288 g/mol. The number of amides is 1. The molecule has 0 atom stereocenters. The van der Waals surface area contributed by atoms with Crippen LogP contribution in [-0.2, 0) is 0 Å². The van der Waals surface area contributed by atoms with E-state index in [-0.39, 0.29) is 29.3 Å². The molecule has 1 aromatic carbocycles. The molecule has 0 saturated carbocycles. The Morgan fingerprint density at radius 1 is 1.42 bits per heavy atom. The molecule has 0 fully saturated rings. The lowest BCUT2D eigenvalue weighted by Gasteiger charge is -2.29. The summed E-state index contributed by atoms with van der Waals surface area (Å²) in [6.07, 6.45) is 0. The van der Waals surface area contributed by atoms with Crippen LogP contribution in [0.15, 0.2) is 18.2 Å². The van der Waals surface area contributed by atoms with Crippen molar-refractivity contribution in [3.05, 3.63) is 35.1 Å². The smallest absolute Gasteiger partial charge is 0.256 e. The Morgan fingerprint density at radius 3 is 2.47 bits per heavy atom. The number of nitrogens with zero attached hydrogens (tertiary/aromatic N) is 1. The van der Waals surface area contributed by atoms with Gasteiger partial charge in [0.15, 0.2) is 0 Å². The second kappa shape index (κ2) is 6.87. The molecular formula is C14H22ClFN2O. The lowest BCUT2D eigenvalue weighted by atomic mass is 9.93. The highest BCUT2D eigenvalue weighted by molar-refractivity contribution is 5.94. The maximum absolute atomic E-state index is 13.7. The third kappa shape index (κ3) is 4.80. The maximum Gasteiger partial charge on any atom is 0.256 e. The fourth-order valence-electron chi connectivity index (χ4n) is 1.78. The Kier molecular flexibility index (Phi) is 6.46. The van der Waals surface area contributed by atoms with Crippen molar-refractivity contribution in [1.29, 1.82) is 0 Å². The normalized spacial score (nSPS) is 10.8. The molecular weight excluding hydrogens is 267 g/mol. The van der Waals surface area contributed by atoms with Crippen molar-refractivity contribution in [3.63, 3.8) is 0 Å². The van der Waals surface area contributed by atoms with Crippen LogP contribution in [0.25, 0.3) is 0 Å². The van der Waals surface area contributed by atoms with Gasteiger partial charge in [-0.15, -0.1) is 12.4 Å². The SMILES string of the molecule is Cc1ccc(C(=O)N(C)CC(C)(C)CN)c(F)c1.Cl. The first-order valence-electron chi connectivity index (χ1n) is 5.98. The van der Waals surface area contributed by atoms with Crippen molar-refractivity contribution >= 4 is 18.3 Å². The fraction of sp³-hybridized carbons (Fsp3) is 0.500. The molecule has 3 nitrogen and oxygen atoms in total. The predicted octanol–water partition coefficient (Wildman–Crippen LogP) is 2.61. The molecule has 0 saturated heterocycles. The molecule has 5 heteroatoms. The zero-order valence-corrected chi connectivity index (χ0v) is 12.7. The van der Waals surface area contributed by atoms with Crippen LogP contribution in [0.3, 0.4) is 0 Å². The summed E-state index contributed by atoms with van der Waals surface area (Å²) in [6.45, 7) is 6.71. The van der Waals surface area contributed by atoms with Gasteiger partial charge in [0.25, 0.3) is 5.91 Å². The molecule has 0 radical (unpaired) electrons. The number of carbonyl (C=O) groups is 1. The fourth-order valence-corrected chi connectivity index (χ4v) is 1.78. The van der Waals surface area contributed by atoms with Gasteiger partial charge in [-0.3, -0.25) is 4.79 Å². The number of aryl methyl sites for hydroxylation is 1. The summed E-state index contributed by atoms with van der Waals surface area (Å²) in [5.41, 5.74) is 6.36. The number of hydrogen-bond acceptors (Lipinski definition) is 2. The molecule has 1 aromatic rings. The van der Waals surface area contributed by atoms with Gasteiger partial charge in [-0.25, -0.2) is 4.39 Å². The molecule has 0 aliphatic rings. The zero-order chi connectivity index (χ0) is 13.9. The molecule has 0 aliphatic heterocycles. The standard InChI is InChI=1S/C14H21FN2O.ClH/c1-10-5-6-11(12(15)7-10)13(18)17(4)9-14(2,3)8-16;/h5-7H,8-9,16H2,1-4H3;1H. The molecule has 19 heavy (non-hydrogen) atoms. The zero-order valence-electron chi connectivity index (χ0n) is 11.9. The molecule has 0 unspecified atom stereocenters. The Morgan fingerprint density at radius 2 is 2.00 bits per heavy atom. The maximum atomic E-state index is 13.7. The van der Waals surface area contributed by atoms with Gasteiger partial charge in [0.2, 0.25) is 0 Å². The summed E-state index contributed by atoms with van der Waals surface area (Å²) in [5.74, 6) is -0.786. The highest BCUT2D eigenvalue weighted by Gasteiger charge is 2.23. The first-order chi connectivity index (χ1) is 8.26. The van der Waals surface area contributed by atoms with Gasteiger partial charge in [0, 0.05) is 13.6 Å². The second-order valence-corrected chi connectivity index (χ2v) is 5.51. The van der Waals surface area contributed by atoms with Crippen molar-refractivity contribution in [1.82, 2.24) is 4.90 Å². The van der Waals surface area contributed by atoms with Gasteiger partial charge in [-0.2, -0.15) is 0 Å². The van der Waals surface area contributed by atoms with E-state index in [1.807, 2.05) is 13.8 Å². The minimum atomic E-state index is -0.475. The highest BCUT2D eigenvalue weighted by atomic mass is 35.5. The number of hydrogen-bond donors (Lipinski definition) is 1. The van der Waals surface area contributed by atoms with Crippen LogP contribution in [0.4, 0.5) is 4.39 Å². The first-order valence-corrected chi connectivity index (χ1v) is 5.98. The summed E-state index contributed by atoms with van der Waals surface area (Å²) in [5, 5.41) is 0. The molecule has 1 amide bonds. The van der Waals surface area contributed by atoms with Crippen LogP contribution in [0.2, 0.25) is 0 Å². The number of carbonyl (C=O) groups excluding carboxylic acids is 1. The highest BCUT2D eigenvalue weighted by Crippen LogP contribution is 2.17. The Labute approximate surface area is 120 Å². The Bertz CT molecular complexity index is 449. The molecule has 2 N–H and O–H groups in total. The van der Waals surface area contributed by atoms with Gasteiger partial charge in [-0.05, 0) is 36.6 Å². The summed E-state index contributed by atoms with van der Waals surface area (Å²) in [7, 11) is 1.67. The third-order valence-corrected chi connectivity index (χ3v) is 2.92. The lowest BCUT2D eigenvalue weighted by Crippen LogP contribution is -2.40.